The lowest BCUT2D eigenvalue weighted by atomic mass is 9.99. The van der Waals surface area contributed by atoms with Gasteiger partial charge in [-0.3, -0.25) is 14.5 Å². The number of carbonyl (C=O) groups is 2. The predicted molar refractivity (Wildman–Crippen MR) is 87.5 cm³/mol. The average molecular weight is 309 g/mol. The molecule has 2 aliphatic rings. The Morgan fingerprint density at radius 2 is 2.00 bits per heavy atom. The van der Waals surface area contributed by atoms with Gasteiger partial charge in [-0.25, -0.2) is 0 Å². The Hall–Kier alpha value is -1.10. The minimum absolute atomic E-state index is 0.154. The predicted octanol–water partition coefficient (Wildman–Crippen LogP) is 1.63. The lowest BCUT2D eigenvalue weighted by Crippen LogP contribution is -2.36. The van der Waals surface area contributed by atoms with Crippen LogP contribution in [0.1, 0.15) is 52.4 Å². The summed E-state index contributed by atoms with van der Waals surface area (Å²) in [6.45, 7) is 8.23. The van der Waals surface area contributed by atoms with Crippen LogP contribution in [0, 0.1) is 5.92 Å². The minimum Gasteiger partial charge on any atom is -0.356 e. The number of hydrogen-bond acceptors (Lipinski definition) is 3. The molecule has 5 heteroatoms. The van der Waals surface area contributed by atoms with Crippen molar-refractivity contribution in [1.82, 2.24) is 15.1 Å². The van der Waals surface area contributed by atoms with Gasteiger partial charge in [0.05, 0.1) is 5.92 Å². The summed E-state index contributed by atoms with van der Waals surface area (Å²) in [4.78, 5) is 28.5. The van der Waals surface area contributed by atoms with E-state index in [1.54, 1.807) is 0 Å². The first-order valence-corrected chi connectivity index (χ1v) is 8.95. The zero-order chi connectivity index (χ0) is 15.9. The standard InChI is InChI=1S/C17H31N3O2/c1-3-19(4-2)16(21)9-7-10-18-17(22)14-12-15-8-5-6-11-20(15)13-14/h14-15H,3-13H2,1-2H3,(H,18,22)/t14-,15+/m0/s1. The van der Waals surface area contributed by atoms with Crippen molar-refractivity contribution in [2.45, 2.75) is 58.4 Å². The number of piperidine rings is 1. The van der Waals surface area contributed by atoms with Gasteiger partial charge in [0.2, 0.25) is 11.8 Å². The van der Waals surface area contributed by atoms with E-state index in [1.165, 1.54) is 19.3 Å². The number of rotatable bonds is 7. The zero-order valence-corrected chi connectivity index (χ0v) is 14.1. The van der Waals surface area contributed by atoms with Crippen LogP contribution in [0.15, 0.2) is 0 Å². The van der Waals surface area contributed by atoms with E-state index in [1.807, 2.05) is 18.7 Å². The highest BCUT2D eigenvalue weighted by molar-refractivity contribution is 5.79. The molecule has 0 aromatic heterocycles. The first kappa shape index (κ1) is 17.3. The van der Waals surface area contributed by atoms with Crippen LogP contribution in [0.4, 0.5) is 0 Å². The third-order valence-corrected chi connectivity index (χ3v) is 5.11. The second-order valence-electron chi connectivity index (χ2n) is 6.54. The largest absolute Gasteiger partial charge is 0.356 e. The van der Waals surface area contributed by atoms with Crippen LogP contribution in [-0.2, 0) is 9.59 Å². The van der Waals surface area contributed by atoms with Gasteiger partial charge in [0, 0.05) is 38.6 Å². The maximum Gasteiger partial charge on any atom is 0.224 e. The molecule has 1 N–H and O–H groups in total. The van der Waals surface area contributed by atoms with Gasteiger partial charge in [-0.2, -0.15) is 0 Å². The first-order valence-electron chi connectivity index (χ1n) is 8.95. The summed E-state index contributed by atoms with van der Waals surface area (Å²) in [7, 11) is 0. The Morgan fingerprint density at radius 1 is 1.23 bits per heavy atom. The molecular formula is C17H31N3O2. The van der Waals surface area contributed by atoms with Crippen molar-refractivity contribution in [2.75, 3.05) is 32.7 Å². The van der Waals surface area contributed by atoms with Gasteiger partial charge in [-0.05, 0) is 46.1 Å². The second kappa shape index (κ2) is 8.51. The van der Waals surface area contributed by atoms with E-state index < -0.39 is 0 Å². The molecule has 0 saturated carbocycles. The lowest BCUT2D eigenvalue weighted by molar-refractivity contribution is -0.131. The summed E-state index contributed by atoms with van der Waals surface area (Å²) in [5.74, 6) is 0.531. The van der Waals surface area contributed by atoms with Gasteiger partial charge in [0.1, 0.15) is 0 Å². The Kier molecular flexibility index (Phi) is 6.68. The molecule has 0 aromatic rings. The van der Waals surface area contributed by atoms with Gasteiger partial charge < -0.3 is 10.2 Å². The van der Waals surface area contributed by atoms with Crippen molar-refractivity contribution in [3.8, 4) is 0 Å². The Labute approximate surface area is 134 Å². The van der Waals surface area contributed by atoms with Crippen LogP contribution >= 0.6 is 0 Å². The molecule has 126 valence electrons. The molecule has 22 heavy (non-hydrogen) atoms. The highest BCUT2D eigenvalue weighted by atomic mass is 16.2. The Balaban J connectivity index is 1.63. The number of nitrogens with one attached hydrogen (secondary N) is 1. The van der Waals surface area contributed by atoms with E-state index in [0.29, 0.717) is 19.0 Å². The molecule has 2 atom stereocenters. The van der Waals surface area contributed by atoms with Crippen LogP contribution < -0.4 is 5.32 Å². The summed E-state index contributed by atoms with van der Waals surface area (Å²) in [5.41, 5.74) is 0. The molecule has 2 aliphatic heterocycles. The molecule has 2 rings (SSSR count). The molecule has 2 amide bonds. The van der Waals surface area contributed by atoms with Gasteiger partial charge in [0.25, 0.3) is 0 Å². The fraction of sp³-hybridized carbons (Fsp3) is 0.882. The number of nitrogens with zero attached hydrogens (tertiary/aromatic N) is 2. The van der Waals surface area contributed by atoms with Crippen LogP contribution in [0.25, 0.3) is 0 Å². The van der Waals surface area contributed by atoms with E-state index in [0.717, 1.165) is 39.0 Å². The van der Waals surface area contributed by atoms with E-state index in [2.05, 4.69) is 10.2 Å². The molecule has 2 saturated heterocycles. The van der Waals surface area contributed by atoms with Gasteiger partial charge >= 0.3 is 0 Å². The zero-order valence-electron chi connectivity index (χ0n) is 14.1. The number of hydrogen-bond donors (Lipinski definition) is 1. The van der Waals surface area contributed by atoms with Gasteiger partial charge in [-0.1, -0.05) is 6.42 Å². The molecule has 0 unspecified atom stereocenters. The Bertz CT molecular complexity index is 368. The topological polar surface area (TPSA) is 52.7 Å². The molecule has 0 aliphatic carbocycles. The molecule has 0 radical (unpaired) electrons. The fourth-order valence-corrected chi connectivity index (χ4v) is 3.77. The van der Waals surface area contributed by atoms with Gasteiger partial charge in [-0.15, -0.1) is 0 Å². The second-order valence-corrected chi connectivity index (χ2v) is 6.54. The third-order valence-electron chi connectivity index (χ3n) is 5.11. The summed E-state index contributed by atoms with van der Waals surface area (Å²) in [5, 5.41) is 3.03. The van der Waals surface area contributed by atoms with Crippen molar-refractivity contribution in [3.63, 3.8) is 0 Å². The first-order chi connectivity index (χ1) is 10.7. The smallest absolute Gasteiger partial charge is 0.224 e. The van der Waals surface area contributed by atoms with E-state index in [9.17, 15) is 9.59 Å². The molecule has 0 spiro atoms. The normalized spacial score (nSPS) is 24.8. The molecule has 0 bridgehead atoms. The number of carbonyl (C=O) groups excluding carboxylic acids is 2. The summed E-state index contributed by atoms with van der Waals surface area (Å²) >= 11 is 0. The highest BCUT2D eigenvalue weighted by Crippen LogP contribution is 2.30. The van der Waals surface area contributed by atoms with E-state index >= 15 is 0 Å². The summed E-state index contributed by atoms with van der Waals surface area (Å²) in [6.07, 6.45) is 6.12. The van der Waals surface area contributed by atoms with Gasteiger partial charge in [0.15, 0.2) is 0 Å². The van der Waals surface area contributed by atoms with E-state index in [-0.39, 0.29) is 17.7 Å². The molecule has 5 nitrogen and oxygen atoms in total. The van der Waals surface area contributed by atoms with Crippen LogP contribution in [0.2, 0.25) is 0 Å². The highest BCUT2D eigenvalue weighted by Gasteiger charge is 2.36. The molecular weight excluding hydrogens is 278 g/mol. The van der Waals surface area contributed by atoms with Crippen molar-refractivity contribution in [1.29, 1.82) is 0 Å². The van der Waals surface area contributed by atoms with Crippen molar-refractivity contribution in [2.24, 2.45) is 5.92 Å². The maximum absolute atomic E-state index is 12.2. The van der Waals surface area contributed by atoms with Crippen LogP contribution in [-0.4, -0.2) is 60.4 Å². The molecule has 0 aromatic carbocycles. The number of fused-ring (bicyclic) bond motifs is 1. The minimum atomic E-state index is 0.154. The van der Waals surface area contributed by atoms with Crippen molar-refractivity contribution < 1.29 is 9.59 Å². The summed E-state index contributed by atoms with van der Waals surface area (Å²) < 4.78 is 0. The average Bonchev–Trinajstić information content (AvgIpc) is 2.96. The SMILES string of the molecule is CCN(CC)C(=O)CCCNC(=O)[C@H]1C[C@H]2CCCCN2C1. The van der Waals surface area contributed by atoms with Crippen LogP contribution in [0.3, 0.4) is 0 Å². The van der Waals surface area contributed by atoms with Crippen molar-refractivity contribution in [3.05, 3.63) is 0 Å². The molecule has 2 heterocycles. The lowest BCUT2D eigenvalue weighted by Gasteiger charge is -2.28. The van der Waals surface area contributed by atoms with E-state index in [4.69, 9.17) is 0 Å². The Morgan fingerprint density at radius 3 is 2.68 bits per heavy atom. The van der Waals surface area contributed by atoms with Crippen LogP contribution in [0.5, 0.6) is 0 Å². The maximum atomic E-state index is 12.2. The number of amides is 2. The quantitative estimate of drug-likeness (QED) is 0.727. The monoisotopic (exact) mass is 309 g/mol. The summed E-state index contributed by atoms with van der Waals surface area (Å²) in [6, 6.07) is 0.633. The molecule has 2 fully saturated rings. The fourth-order valence-electron chi connectivity index (χ4n) is 3.77. The van der Waals surface area contributed by atoms with Crippen molar-refractivity contribution >= 4 is 11.8 Å². The third kappa shape index (κ3) is 4.45.